The minimum atomic E-state index is -4.54. The molecule has 8 nitrogen and oxygen atoms in total. The average Bonchev–Trinajstić information content (AvgIpc) is 3.31. The molecule has 0 radical (unpaired) electrons. The molecule has 1 fully saturated rings. The van der Waals surface area contributed by atoms with Crippen LogP contribution in [0.25, 0.3) is 11.8 Å². The summed E-state index contributed by atoms with van der Waals surface area (Å²) in [4.78, 5) is 39.5. The number of barbiturate groups is 1. The summed E-state index contributed by atoms with van der Waals surface area (Å²) >= 11 is 0. The van der Waals surface area contributed by atoms with Gasteiger partial charge in [0.1, 0.15) is 17.1 Å². The number of hydrogen-bond acceptors (Lipinski definition) is 5. The third-order valence-corrected chi connectivity index (χ3v) is 5.41. The highest BCUT2D eigenvalue weighted by molar-refractivity contribution is 6.39. The first-order chi connectivity index (χ1) is 17.6. The maximum absolute atomic E-state index is 13.4. The standard InChI is InChI=1S/C26H22F3N3O5/c1-3-36-19-10-11-21(22(15-19)37-4-2)32-24(34)20(23(33)30-25(32)35)14-18-9-6-12-31(18)17-8-5-7-16(13-17)26(27,28)29/h5-15H,3-4H2,1-2H3,(H,30,33,35)/b20-14+. The highest BCUT2D eigenvalue weighted by Crippen LogP contribution is 2.35. The van der Waals surface area contributed by atoms with E-state index in [4.69, 9.17) is 9.47 Å². The number of carbonyl (C=O) groups is 3. The van der Waals surface area contributed by atoms with Gasteiger partial charge >= 0.3 is 12.2 Å². The number of rotatable bonds is 7. The summed E-state index contributed by atoms with van der Waals surface area (Å²) in [5.74, 6) is -1.20. The number of nitrogens with one attached hydrogen (secondary N) is 1. The van der Waals surface area contributed by atoms with Gasteiger partial charge in [-0.1, -0.05) is 6.07 Å². The van der Waals surface area contributed by atoms with Gasteiger partial charge in [0, 0.05) is 23.6 Å². The van der Waals surface area contributed by atoms with Crippen LogP contribution in [0.2, 0.25) is 0 Å². The quantitative estimate of drug-likeness (QED) is 0.356. The van der Waals surface area contributed by atoms with Gasteiger partial charge in [-0.05, 0) is 62.4 Å². The van der Waals surface area contributed by atoms with E-state index in [0.717, 1.165) is 17.0 Å². The number of urea groups is 1. The second-order valence-corrected chi connectivity index (χ2v) is 7.80. The highest BCUT2D eigenvalue weighted by atomic mass is 19.4. The zero-order chi connectivity index (χ0) is 26.7. The average molecular weight is 513 g/mol. The number of hydrogen-bond donors (Lipinski definition) is 1. The van der Waals surface area contributed by atoms with Crippen molar-refractivity contribution in [3.05, 3.63) is 77.6 Å². The first kappa shape index (κ1) is 25.5. The van der Waals surface area contributed by atoms with Crippen LogP contribution in [0.5, 0.6) is 11.5 Å². The molecule has 4 rings (SSSR count). The van der Waals surface area contributed by atoms with E-state index in [1.807, 2.05) is 0 Å². The molecule has 0 atom stereocenters. The normalized spacial score (nSPS) is 15.2. The zero-order valence-corrected chi connectivity index (χ0v) is 19.8. The van der Waals surface area contributed by atoms with Gasteiger partial charge in [-0.25, -0.2) is 9.69 Å². The fraction of sp³-hybridized carbons (Fsp3) is 0.192. The Morgan fingerprint density at radius 3 is 2.41 bits per heavy atom. The molecule has 0 bridgehead atoms. The fourth-order valence-electron chi connectivity index (χ4n) is 3.81. The largest absolute Gasteiger partial charge is 0.494 e. The van der Waals surface area contributed by atoms with E-state index in [0.29, 0.717) is 12.4 Å². The van der Waals surface area contributed by atoms with E-state index in [9.17, 15) is 27.6 Å². The number of alkyl halides is 3. The molecule has 3 aromatic rings. The lowest BCUT2D eigenvalue weighted by Crippen LogP contribution is -2.54. The number of carbonyl (C=O) groups excluding carboxylic acids is 3. The molecule has 0 unspecified atom stereocenters. The van der Waals surface area contributed by atoms with E-state index in [-0.39, 0.29) is 35.0 Å². The van der Waals surface area contributed by atoms with Crippen molar-refractivity contribution in [1.29, 1.82) is 0 Å². The van der Waals surface area contributed by atoms with E-state index in [2.05, 4.69) is 5.32 Å². The molecule has 1 N–H and O–H groups in total. The first-order valence-corrected chi connectivity index (χ1v) is 11.3. The smallest absolute Gasteiger partial charge is 0.416 e. The van der Waals surface area contributed by atoms with Gasteiger partial charge in [0.25, 0.3) is 11.8 Å². The number of aromatic nitrogens is 1. The number of anilines is 1. The maximum Gasteiger partial charge on any atom is 0.416 e. The van der Waals surface area contributed by atoms with Crippen molar-refractivity contribution in [3.63, 3.8) is 0 Å². The Labute approximate surface area is 209 Å². The lowest BCUT2D eigenvalue weighted by Gasteiger charge is -2.28. The van der Waals surface area contributed by atoms with Crippen LogP contribution in [0.4, 0.5) is 23.7 Å². The molecule has 0 saturated carbocycles. The second-order valence-electron chi connectivity index (χ2n) is 7.80. The van der Waals surface area contributed by atoms with Crippen LogP contribution in [0.1, 0.15) is 25.1 Å². The summed E-state index contributed by atoms with van der Waals surface area (Å²) in [5.41, 5.74) is -0.709. The Kier molecular flexibility index (Phi) is 7.05. The molecule has 1 aromatic heterocycles. The second kappa shape index (κ2) is 10.2. The molecule has 2 heterocycles. The number of amides is 4. The summed E-state index contributed by atoms with van der Waals surface area (Å²) < 4.78 is 52.1. The molecule has 1 saturated heterocycles. The van der Waals surface area contributed by atoms with Gasteiger partial charge < -0.3 is 14.0 Å². The molecule has 1 aliphatic heterocycles. The molecule has 0 aliphatic carbocycles. The van der Waals surface area contributed by atoms with Crippen molar-refractivity contribution in [2.24, 2.45) is 0 Å². The van der Waals surface area contributed by atoms with Crippen LogP contribution in [0, 0.1) is 0 Å². The lowest BCUT2D eigenvalue weighted by atomic mass is 10.1. The first-order valence-electron chi connectivity index (χ1n) is 11.3. The van der Waals surface area contributed by atoms with Crippen LogP contribution in [-0.2, 0) is 15.8 Å². The van der Waals surface area contributed by atoms with Crippen molar-refractivity contribution in [1.82, 2.24) is 9.88 Å². The molecule has 11 heteroatoms. The van der Waals surface area contributed by atoms with E-state index in [1.54, 1.807) is 26.0 Å². The van der Waals surface area contributed by atoms with Crippen LogP contribution < -0.4 is 19.7 Å². The highest BCUT2D eigenvalue weighted by Gasteiger charge is 2.38. The fourth-order valence-corrected chi connectivity index (χ4v) is 3.81. The molecule has 192 valence electrons. The molecule has 37 heavy (non-hydrogen) atoms. The van der Waals surface area contributed by atoms with E-state index < -0.39 is 29.6 Å². The Balaban J connectivity index is 1.75. The predicted molar refractivity (Wildman–Crippen MR) is 129 cm³/mol. The number of imide groups is 2. The van der Waals surface area contributed by atoms with Crippen LogP contribution in [0.15, 0.2) is 66.4 Å². The summed E-state index contributed by atoms with van der Waals surface area (Å²) in [6.45, 7) is 4.15. The van der Waals surface area contributed by atoms with Crippen LogP contribution in [-0.4, -0.2) is 35.6 Å². The Hall–Kier alpha value is -4.54. The summed E-state index contributed by atoms with van der Waals surface area (Å²) in [7, 11) is 0. The van der Waals surface area contributed by atoms with E-state index >= 15 is 0 Å². The molecule has 2 aromatic carbocycles. The molecular weight excluding hydrogens is 491 g/mol. The van der Waals surface area contributed by atoms with Gasteiger partial charge in [0.2, 0.25) is 0 Å². The third-order valence-electron chi connectivity index (χ3n) is 5.41. The number of halogens is 3. The number of ether oxygens (including phenoxy) is 2. The third kappa shape index (κ3) is 5.20. The summed E-state index contributed by atoms with van der Waals surface area (Å²) in [6.07, 6.45) is -1.83. The maximum atomic E-state index is 13.4. The minimum Gasteiger partial charge on any atom is -0.494 e. The number of nitrogens with zero attached hydrogens (tertiary/aromatic N) is 2. The van der Waals surface area contributed by atoms with Gasteiger partial charge in [-0.2, -0.15) is 13.2 Å². The molecule has 1 aliphatic rings. The zero-order valence-electron chi connectivity index (χ0n) is 19.8. The van der Waals surface area contributed by atoms with Gasteiger partial charge in [0.15, 0.2) is 0 Å². The van der Waals surface area contributed by atoms with Crippen molar-refractivity contribution >= 4 is 29.6 Å². The monoisotopic (exact) mass is 513 g/mol. The molecule has 4 amide bonds. The summed E-state index contributed by atoms with van der Waals surface area (Å²) in [5, 5.41) is 2.13. The van der Waals surface area contributed by atoms with Crippen LogP contribution >= 0.6 is 0 Å². The molecule has 0 spiro atoms. The molecular formula is C26H22F3N3O5. The minimum absolute atomic E-state index is 0.0967. The SMILES string of the molecule is CCOc1ccc(N2C(=O)NC(=O)/C(=C\c3cccn3-c3cccc(C(F)(F)F)c3)C2=O)c(OCC)c1. The Morgan fingerprint density at radius 1 is 0.946 bits per heavy atom. The van der Waals surface area contributed by atoms with Crippen LogP contribution in [0.3, 0.4) is 0 Å². The van der Waals surface area contributed by atoms with E-state index in [1.165, 1.54) is 47.2 Å². The van der Waals surface area contributed by atoms with Crippen molar-refractivity contribution in [2.45, 2.75) is 20.0 Å². The lowest BCUT2D eigenvalue weighted by molar-refractivity contribution is -0.137. The van der Waals surface area contributed by atoms with Gasteiger partial charge in [0.05, 0.1) is 24.5 Å². The van der Waals surface area contributed by atoms with Crippen molar-refractivity contribution in [3.8, 4) is 17.2 Å². The topological polar surface area (TPSA) is 89.9 Å². The Bertz CT molecular complexity index is 1390. The van der Waals surface area contributed by atoms with Gasteiger partial charge in [-0.3, -0.25) is 14.9 Å². The van der Waals surface area contributed by atoms with Crippen molar-refractivity contribution in [2.75, 3.05) is 18.1 Å². The van der Waals surface area contributed by atoms with Gasteiger partial charge in [-0.15, -0.1) is 0 Å². The Morgan fingerprint density at radius 2 is 1.70 bits per heavy atom. The predicted octanol–water partition coefficient (Wildman–Crippen LogP) is 4.96. The van der Waals surface area contributed by atoms with Crippen molar-refractivity contribution < 1.29 is 37.0 Å². The number of benzene rings is 2. The summed E-state index contributed by atoms with van der Waals surface area (Å²) in [6, 6.07) is 11.3.